The highest BCUT2D eigenvalue weighted by molar-refractivity contribution is 5.46. The summed E-state index contributed by atoms with van der Waals surface area (Å²) in [4.78, 5) is 6.54. The van der Waals surface area contributed by atoms with Gasteiger partial charge in [0.1, 0.15) is 5.82 Å². The highest BCUT2D eigenvalue weighted by atomic mass is 15.2. The smallest absolute Gasteiger partial charge is 0.110 e. The first-order valence-corrected chi connectivity index (χ1v) is 7.39. The van der Waals surface area contributed by atoms with Gasteiger partial charge in [-0.3, -0.25) is 11.3 Å². The number of anilines is 1. The Hall–Kier alpha value is -1.85. The molecule has 21 heavy (non-hydrogen) atoms. The molecule has 1 aromatic heterocycles. The minimum absolute atomic E-state index is 0.0687. The van der Waals surface area contributed by atoms with Crippen molar-refractivity contribution in [3.8, 4) is 0 Å². The molecule has 0 amide bonds. The van der Waals surface area contributed by atoms with E-state index in [1.165, 1.54) is 11.3 Å². The minimum Gasteiger partial charge on any atom is -0.378 e. The quantitative estimate of drug-likeness (QED) is 0.605. The highest BCUT2D eigenvalue weighted by Crippen LogP contribution is 2.20. The van der Waals surface area contributed by atoms with Crippen LogP contribution in [0.25, 0.3) is 0 Å². The maximum Gasteiger partial charge on any atom is 0.110 e. The molecule has 1 atom stereocenters. The fourth-order valence-corrected chi connectivity index (χ4v) is 2.43. The average molecular weight is 287 g/mol. The molecule has 0 aliphatic carbocycles. The Morgan fingerprint density at radius 2 is 2.00 bits per heavy atom. The number of hydrogen-bond donors (Lipinski definition) is 2. The second kappa shape index (κ2) is 7.24. The monoisotopic (exact) mass is 287 g/mol. The van der Waals surface area contributed by atoms with Gasteiger partial charge >= 0.3 is 0 Å². The number of aryl methyl sites for hydroxylation is 1. The van der Waals surface area contributed by atoms with Crippen LogP contribution < -0.4 is 16.2 Å². The third-order valence-electron chi connectivity index (χ3n) is 3.67. The van der Waals surface area contributed by atoms with Crippen molar-refractivity contribution in [1.82, 2.24) is 15.0 Å². The maximum absolute atomic E-state index is 5.75. The molecule has 0 saturated heterocycles. The largest absolute Gasteiger partial charge is 0.378 e. The number of hydrazine groups is 1. The van der Waals surface area contributed by atoms with Crippen molar-refractivity contribution < 1.29 is 0 Å². The van der Waals surface area contributed by atoms with Crippen LogP contribution in [0.1, 0.15) is 30.8 Å². The lowest BCUT2D eigenvalue weighted by Crippen LogP contribution is -2.30. The minimum atomic E-state index is 0.0687. The van der Waals surface area contributed by atoms with Crippen molar-refractivity contribution in [3.63, 3.8) is 0 Å². The van der Waals surface area contributed by atoms with E-state index in [2.05, 4.69) is 51.1 Å². The van der Waals surface area contributed by atoms with Gasteiger partial charge in [-0.2, -0.15) is 0 Å². The Kier molecular flexibility index (Phi) is 5.36. The molecule has 0 spiro atoms. The molecule has 0 aliphatic heterocycles. The molecule has 0 aliphatic rings. The molecule has 5 nitrogen and oxygen atoms in total. The summed E-state index contributed by atoms with van der Waals surface area (Å²) < 4.78 is 2.19. The lowest BCUT2D eigenvalue weighted by Gasteiger charge is -2.19. The number of aromatic nitrogens is 2. The summed E-state index contributed by atoms with van der Waals surface area (Å²) in [6, 6.07) is 8.52. The van der Waals surface area contributed by atoms with Gasteiger partial charge in [0.25, 0.3) is 0 Å². The Balaban J connectivity index is 2.13. The SMILES string of the molecule is CCCn1ccnc1CC(NN)c1ccc(N(C)C)cc1. The molecule has 1 aromatic carbocycles. The second-order valence-corrected chi connectivity index (χ2v) is 5.45. The van der Waals surface area contributed by atoms with Crippen LogP contribution in [-0.2, 0) is 13.0 Å². The highest BCUT2D eigenvalue weighted by Gasteiger charge is 2.14. The molecule has 0 fully saturated rings. The fourth-order valence-electron chi connectivity index (χ4n) is 2.43. The number of imidazole rings is 1. The first kappa shape index (κ1) is 15.5. The second-order valence-electron chi connectivity index (χ2n) is 5.45. The molecule has 0 radical (unpaired) electrons. The first-order chi connectivity index (χ1) is 10.2. The normalized spacial score (nSPS) is 12.4. The van der Waals surface area contributed by atoms with E-state index in [1.807, 2.05) is 26.5 Å². The van der Waals surface area contributed by atoms with Crippen LogP contribution in [0.15, 0.2) is 36.7 Å². The van der Waals surface area contributed by atoms with Crippen molar-refractivity contribution in [2.75, 3.05) is 19.0 Å². The summed E-state index contributed by atoms with van der Waals surface area (Å²) >= 11 is 0. The van der Waals surface area contributed by atoms with Crippen LogP contribution in [0, 0.1) is 0 Å². The molecule has 114 valence electrons. The van der Waals surface area contributed by atoms with E-state index in [0.29, 0.717) is 0 Å². The lowest BCUT2D eigenvalue weighted by molar-refractivity contribution is 0.517. The van der Waals surface area contributed by atoms with Crippen molar-refractivity contribution in [2.45, 2.75) is 32.4 Å². The van der Waals surface area contributed by atoms with Crippen LogP contribution in [0.2, 0.25) is 0 Å². The summed E-state index contributed by atoms with van der Waals surface area (Å²) in [6.07, 6.45) is 5.77. The topological polar surface area (TPSA) is 59.1 Å². The number of nitrogens with zero attached hydrogens (tertiary/aromatic N) is 3. The molecule has 0 saturated carbocycles. The van der Waals surface area contributed by atoms with Crippen LogP contribution in [0.5, 0.6) is 0 Å². The molecule has 1 heterocycles. The summed E-state index contributed by atoms with van der Waals surface area (Å²) in [6.45, 7) is 3.16. The maximum atomic E-state index is 5.75. The van der Waals surface area contributed by atoms with Gasteiger partial charge in [-0.15, -0.1) is 0 Å². The van der Waals surface area contributed by atoms with Gasteiger partial charge < -0.3 is 9.47 Å². The summed E-state index contributed by atoms with van der Waals surface area (Å²) in [5.74, 6) is 6.81. The summed E-state index contributed by atoms with van der Waals surface area (Å²) in [5, 5.41) is 0. The number of nitrogens with one attached hydrogen (secondary N) is 1. The molecule has 1 unspecified atom stereocenters. The van der Waals surface area contributed by atoms with E-state index in [-0.39, 0.29) is 6.04 Å². The van der Waals surface area contributed by atoms with Crippen molar-refractivity contribution >= 4 is 5.69 Å². The Labute approximate surface area is 126 Å². The third kappa shape index (κ3) is 3.83. The third-order valence-corrected chi connectivity index (χ3v) is 3.67. The molecule has 5 heteroatoms. The Bertz CT molecular complexity index is 544. The first-order valence-electron chi connectivity index (χ1n) is 7.39. The number of benzene rings is 1. The van der Waals surface area contributed by atoms with Gasteiger partial charge in [0, 0.05) is 45.1 Å². The van der Waals surface area contributed by atoms with E-state index in [0.717, 1.165) is 25.2 Å². The predicted molar refractivity (Wildman–Crippen MR) is 87.1 cm³/mol. The van der Waals surface area contributed by atoms with E-state index >= 15 is 0 Å². The fraction of sp³-hybridized carbons (Fsp3) is 0.438. The van der Waals surface area contributed by atoms with E-state index < -0.39 is 0 Å². The average Bonchev–Trinajstić information content (AvgIpc) is 2.92. The van der Waals surface area contributed by atoms with Crippen LogP contribution in [0.4, 0.5) is 5.69 Å². The zero-order chi connectivity index (χ0) is 15.2. The Morgan fingerprint density at radius 3 is 2.57 bits per heavy atom. The molecule has 3 N–H and O–H groups in total. The standard InChI is InChI=1S/C16H25N5/c1-4-10-21-11-9-18-16(21)12-15(19-17)13-5-7-14(8-6-13)20(2)3/h5-9,11,15,19H,4,10,12,17H2,1-3H3. The zero-order valence-corrected chi connectivity index (χ0v) is 13.1. The number of rotatable bonds is 7. The number of hydrogen-bond acceptors (Lipinski definition) is 4. The van der Waals surface area contributed by atoms with Crippen molar-refractivity contribution in [2.24, 2.45) is 5.84 Å². The molecule has 0 bridgehead atoms. The summed E-state index contributed by atoms with van der Waals surface area (Å²) in [5.41, 5.74) is 5.27. The van der Waals surface area contributed by atoms with E-state index in [9.17, 15) is 0 Å². The van der Waals surface area contributed by atoms with Gasteiger partial charge in [0.05, 0.1) is 6.04 Å². The van der Waals surface area contributed by atoms with E-state index in [4.69, 9.17) is 5.84 Å². The van der Waals surface area contributed by atoms with Gasteiger partial charge in [-0.1, -0.05) is 19.1 Å². The van der Waals surface area contributed by atoms with Crippen LogP contribution in [0.3, 0.4) is 0 Å². The zero-order valence-electron chi connectivity index (χ0n) is 13.1. The summed E-state index contributed by atoms with van der Waals surface area (Å²) in [7, 11) is 4.07. The molecular formula is C16H25N5. The van der Waals surface area contributed by atoms with Crippen molar-refractivity contribution in [3.05, 3.63) is 48.0 Å². The number of nitrogens with two attached hydrogens (primary N) is 1. The molecule has 2 rings (SSSR count). The van der Waals surface area contributed by atoms with Crippen LogP contribution in [-0.4, -0.2) is 23.6 Å². The predicted octanol–water partition coefficient (Wildman–Crippen LogP) is 2.11. The van der Waals surface area contributed by atoms with Crippen molar-refractivity contribution in [1.29, 1.82) is 0 Å². The lowest BCUT2D eigenvalue weighted by atomic mass is 10.0. The van der Waals surface area contributed by atoms with Gasteiger partial charge in [-0.25, -0.2) is 4.98 Å². The molecule has 2 aromatic rings. The Morgan fingerprint density at radius 1 is 1.29 bits per heavy atom. The van der Waals surface area contributed by atoms with Crippen LogP contribution >= 0.6 is 0 Å². The van der Waals surface area contributed by atoms with Gasteiger partial charge in [0.2, 0.25) is 0 Å². The molecular weight excluding hydrogens is 262 g/mol. The van der Waals surface area contributed by atoms with E-state index in [1.54, 1.807) is 0 Å². The van der Waals surface area contributed by atoms with Gasteiger partial charge in [0.15, 0.2) is 0 Å². The van der Waals surface area contributed by atoms with Gasteiger partial charge in [-0.05, 0) is 24.1 Å².